The molecule has 0 aromatic heterocycles. The number of carbonyl (C=O) groups excluding carboxylic acids is 2. The highest BCUT2D eigenvalue weighted by Crippen LogP contribution is 2.25. The Balaban J connectivity index is 5.20. The van der Waals surface area contributed by atoms with E-state index in [1.807, 2.05) is 55.4 Å². The van der Waals surface area contributed by atoms with E-state index < -0.39 is 17.7 Å². The average molecular weight is 271 g/mol. The van der Waals surface area contributed by atoms with Crippen LogP contribution in [0.15, 0.2) is 0 Å². The van der Waals surface area contributed by atoms with E-state index in [4.69, 9.17) is 4.74 Å². The largest absolute Gasteiger partial charge is 0.444 e. The molecule has 0 aliphatic carbocycles. The summed E-state index contributed by atoms with van der Waals surface area (Å²) in [5.74, 6) is 0.275. The van der Waals surface area contributed by atoms with Gasteiger partial charge in [0.25, 0.3) is 0 Å². The Morgan fingerprint density at radius 2 is 1.63 bits per heavy atom. The zero-order chi connectivity index (χ0) is 15.4. The first kappa shape index (κ1) is 17.9. The van der Waals surface area contributed by atoms with Gasteiger partial charge >= 0.3 is 6.09 Å². The molecule has 1 atom stereocenters. The van der Waals surface area contributed by atoms with E-state index in [1.54, 1.807) is 4.90 Å². The van der Waals surface area contributed by atoms with Crippen LogP contribution >= 0.6 is 0 Å². The van der Waals surface area contributed by atoms with Crippen molar-refractivity contribution in [2.24, 2.45) is 11.3 Å². The van der Waals surface area contributed by atoms with E-state index in [2.05, 4.69) is 0 Å². The molecular weight excluding hydrogens is 242 g/mol. The first-order valence-corrected chi connectivity index (χ1v) is 6.83. The second-order valence-corrected chi connectivity index (χ2v) is 7.47. The van der Waals surface area contributed by atoms with Gasteiger partial charge in [-0.1, -0.05) is 34.6 Å². The normalized spacial score (nSPS) is 14.2. The standard InChI is InChI=1S/C15H29NO3/c1-11(2)9-16(12(10-17)14(3,4)5)13(18)19-15(6,7)8/h10-12H,9H2,1-8H3. The smallest absolute Gasteiger partial charge is 0.410 e. The fraction of sp³-hybridized carbons (Fsp3) is 0.867. The Morgan fingerprint density at radius 1 is 1.16 bits per heavy atom. The molecule has 0 saturated carbocycles. The van der Waals surface area contributed by atoms with Crippen LogP contribution in [0.2, 0.25) is 0 Å². The molecule has 0 radical (unpaired) electrons. The summed E-state index contributed by atoms with van der Waals surface area (Å²) in [4.78, 5) is 25.2. The van der Waals surface area contributed by atoms with Gasteiger partial charge in [-0.15, -0.1) is 0 Å². The zero-order valence-corrected chi connectivity index (χ0v) is 13.6. The Morgan fingerprint density at radius 3 is 1.89 bits per heavy atom. The molecule has 0 aromatic rings. The minimum atomic E-state index is -0.558. The molecule has 4 heteroatoms. The lowest BCUT2D eigenvalue weighted by Crippen LogP contribution is -2.51. The maximum Gasteiger partial charge on any atom is 0.410 e. The number of hydrogen-bond acceptors (Lipinski definition) is 3. The molecule has 1 amide bonds. The van der Waals surface area contributed by atoms with Crippen LogP contribution < -0.4 is 0 Å². The molecule has 0 fully saturated rings. The summed E-state index contributed by atoms with van der Waals surface area (Å²) in [6.45, 7) is 15.9. The van der Waals surface area contributed by atoms with Gasteiger partial charge < -0.3 is 9.53 Å². The second-order valence-electron chi connectivity index (χ2n) is 7.47. The number of amides is 1. The first-order chi connectivity index (χ1) is 8.38. The van der Waals surface area contributed by atoms with Crippen LogP contribution in [0.3, 0.4) is 0 Å². The topological polar surface area (TPSA) is 46.6 Å². The first-order valence-electron chi connectivity index (χ1n) is 6.83. The molecule has 1 unspecified atom stereocenters. The molecule has 19 heavy (non-hydrogen) atoms. The van der Waals surface area contributed by atoms with Crippen molar-refractivity contribution in [3.63, 3.8) is 0 Å². The van der Waals surface area contributed by atoms with Crippen molar-refractivity contribution in [3.05, 3.63) is 0 Å². The molecule has 0 saturated heterocycles. The van der Waals surface area contributed by atoms with Gasteiger partial charge in [0.05, 0.1) is 6.04 Å². The zero-order valence-electron chi connectivity index (χ0n) is 13.6. The molecule has 0 bridgehead atoms. The summed E-state index contributed by atoms with van der Waals surface area (Å²) in [5, 5.41) is 0. The van der Waals surface area contributed by atoms with Gasteiger partial charge in [0.15, 0.2) is 0 Å². The van der Waals surface area contributed by atoms with Crippen molar-refractivity contribution >= 4 is 12.4 Å². The lowest BCUT2D eigenvalue weighted by Gasteiger charge is -2.38. The SMILES string of the molecule is CC(C)CN(C(=O)OC(C)(C)C)C(C=O)C(C)(C)C. The molecule has 0 heterocycles. The Hall–Kier alpha value is -1.06. The van der Waals surface area contributed by atoms with Crippen molar-refractivity contribution in [1.29, 1.82) is 0 Å². The maximum atomic E-state index is 12.3. The fourth-order valence-electron chi connectivity index (χ4n) is 1.76. The third-order valence-electron chi connectivity index (χ3n) is 2.54. The van der Waals surface area contributed by atoms with Crippen molar-refractivity contribution in [3.8, 4) is 0 Å². The van der Waals surface area contributed by atoms with E-state index in [-0.39, 0.29) is 11.3 Å². The van der Waals surface area contributed by atoms with Gasteiger partial charge in [-0.05, 0) is 32.1 Å². The van der Waals surface area contributed by atoms with E-state index in [0.717, 1.165) is 6.29 Å². The van der Waals surface area contributed by atoms with Gasteiger partial charge in [0.2, 0.25) is 0 Å². The summed E-state index contributed by atoms with van der Waals surface area (Å²) in [6, 6.07) is -0.482. The summed E-state index contributed by atoms with van der Waals surface area (Å²) >= 11 is 0. The second kappa shape index (κ2) is 6.40. The van der Waals surface area contributed by atoms with Gasteiger partial charge in [0, 0.05) is 6.54 Å². The lowest BCUT2D eigenvalue weighted by atomic mass is 9.86. The van der Waals surface area contributed by atoms with Crippen LogP contribution in [0.1, 0.15) is 55.4 Å². The molecule has 4 nitrogen and oxygen atoms in total. The minimum Gasteiger partial charge on any atom is -0.444 e. The van der Waals surface area contributed by atoms with Crippen molar-refractivity contribution in [2.75, 3.05) is 6.54 Å². The summed E-state index contributed by atoms with van der Waals surface area (Å²) in [7, 11) is 0. The molecule has 0 aromatic carbocycles. The van der Waals surface area contributed by atoms with Crippen LogP contribution in [0.25, 0.3) is 0 Å². The third kappa shape index (κ3) is 6.60. The Kier molecular flexibility index (Phi) is 6.04. The number of rotatable bonds is 4. The van der Waals surface area contributed by atoms with Crippen molar-refractivity contribution in [2.45, 2.75) is 67.0 Å². The molecular formula is C15H29NO3. The van der Waals surface area contributed by atoms with Gasteiger partial charge in [0.1, 0.15) is 11.9 Å². The lowest BCUT2D eigenvalue weighted by molar-refractivity contribution is -0.116. The number of nitrogens with zero attached hydrogens (tertiary/aromatic N) is 1. The quantitative estimate of drug-likeness (QED) is 0.735. The number of hydrogen-bond donors (Lipinski definition) is 0. The highest BCUT2D eigenvalue weighted by molar-refractivity contribution is 5.74. The predicted octanol–water partition coefficient (Wildman–Crippen LogP) is 3.49. The molecule has 0 spiro atoms. The number of ether oxygens (including phenoxy) is 1. The average Bonchev–Trinajstić information content (AvgIpc) is 2.11. The minimum absolute atomic E-state index is 0.275. The molecule has 0 aliphatic rings. The molecule has 0 rings (SSSR count). The van der Waals surface area contributed by atoms with Crippen LogP contribution in [0, 0.1) is 11.3 Å². The Bertz CT molecular complexity index is 310. The van der Waals surface area contributed by atoms with Crippen LogP contribution in [-0.2, 0) is 9.53 Å². The van der Waals surface area contributed by atoms with E-state index in [1.165, 1.54) is 0 Å². The predicted molar refractivity (Wildman–Crippen MR) is 77.1 cm³/mol. The van der Waals surface area contributed by atoms with Gasteiger partial charge in [-0.2, -0.15) is 0 Å². The van der Waals surface area contributed by atoms with E-state index in [0.29, 0.717) is 6.54 Å². The van der Waals surface area contributed by atoms with E-state index >= 15 is 0 Å². The molecule has 0 N–H and O–H groups in total. The summed E-state index contributed by atoms with van der Waals surface area (Å²) in [5.41, 5.74) is -0.870. The van der Waals surface area contributed by atoms with E-state index in [9.17, 15) is 9.59 Å². The maximum absolute atomic E-state index is 12.3. The highest BCUT2D eigenvalue weighted by atomic mass is 16.6. The molecule has 112 valence electrons. The van der Waals surface area contributed by atoms with Gasteiger partial charge in [-0.25, -0.2) is 4.79 Å². The Labute approximate surface area is 117 Å². The van der Waals surface area contributed by atoms with Crippen LogP contribution in [0.4, 0.5) is 4.79 Å². The monoisotopic (exact) mass is 271 g/mol. The third-order valence-corrected chi connectivity index (χ3v) is 2.54. The number of carbonyl (C=O) groups is 2. The number of aldehydes is 1. The van der Waals surface area contributed by atoms with Crippen molar-refractivity contribution in [1.82, 2.24) is 4.90 Å². The summed E-state index contributed by atoms with van der Waals surface area (Å²) in [6.07, 6.45) is 0.417. The van der Waals surface area contributed by atoms with Crippen molar-refractivity contribution < 1.29 is 14.3 Å². The highest BCUT2D eigenvalue weighted by Gasteiger charge is 2.35. The van der Waals surface area contributed by atoms with Gasteiger partial charge in [-0.3, -0.25) is 4.90 Å². The van der Waals surface area contributed by atoms with Crippen LogP contribution in [-0.4, -0.2) is 35.5 Å². The summed E-state index contributed by atoms with van der Waals surface area (Å²) < 4.78 is 5.41. The van der Waals surface area contributed by atoms with Crippen LogP contribution in [0.5, 0.6) is 0 Å². The fourth-order valence-corrected chi connectivity index (χ4v) is 1.76. The molecule has 0 aliphatic heterocycles.